The zero-order chi connectivity index (χ0) is 9.40. The highest BCUT2D eigenvalue weighted by Gasteiger charge is 1.96. The molecule has 0 aliphatic carbocycles. The predicted octanol–water partition coefficient (Wildman–Crippen LogP) is 0.669. The predicted molar refractivity (Wildman–Crippen MR) is 42.4 cm³/mol. The molecule has 0 amide bonds. The van der Waals surface area contributed by atoms with E-state index in [0.29, 0.717) is 0 Å². The van der Waals surface area contributed by atoms with Crippen LogP contribution < -0.4 is 0 Å². The van der Waals surface area contributed by atoms with Crippen molar-refractivity contribution in [2.24, 2.45) is 0 Å². The van der Waals surface area contributed by atoms with Crippen LogP contribution in [0.15, 0.2) is 12.2 Å². The Kier molecular flexibility index (Phi) is 5.69. The van der Waals surface area contributed by atoms with Crippen molar-refractivity contribution in [3.8, 4) is 0 Å². The molecular formula is C8H12O4. The average molecular weight is 172 g/mol. The van der Waals surface area contributed by atoms with Gasteiger partial charge in [-0.3, -0.25) is 4.79 Å². The topological polar surface area (TPSA) is 52.6 Å². The Bertz CT molecular complexity index is 183. The fraction of sp³-hybridized carbons (Fsp3) is 0.500. The molecule has 4 nitrogen and oxygen atoms in total. The minimum absolute atomic E-state index is 0.1000. The molecule has 0 rings (SSSR count). The van der Waals surface area contributed by atoms with Crippen LogP contribution in [0.1, 0.15) is 13.8 Å². The molecule has 0 aromatic rings. The molecule has 0 saturated carbocycles. The minimum atomic E-state index is -0.426. The molecule has 0 aliphatic heterocycles. The maximum Gasteiger partial charge on any atom is 0.330 e. The number of esters is 2. The molecule has 0 radical (unpaired) electrons. The second-order valence-corrected chi connectivity index (χ2v) is 2.01. The van der Waals surface area contributed by atoms with Gasteiger partial charge in [-0.25, -0.2) is 4.79 Å². The van der Waals surface area contributed by atoms with E-state index in [2.05, 4.69) is 9.47 Å². The summed E-state index contributed by atoms with van der Waals surface area (Å²) in [5.41, 5.74) is 0. The monoisotopic (exact) mass is 172 g/mol. The van der Waals surface area contributed by atoms with Crippen molar-refractivity contribution in [2.75, 3.05) is 13.2 Å². The number of ether oxygens (including phenoxy) is 2. The van der Waals surface area contributed by atoms with Crippen LogP contribution in [-0.2, 0) is 19.1 Å². The van der Waals surface area contributed by atoms with Gasteiger partial charge in [0, 0.05) is 13.0 Å². The lowest BCUT2D eigenvalue weighted by Crippen LogP contribution is -2.10. The van der Waals surface area contributed by atoms with Gasteiger partial charge in [-0.1, -0.05) is 6.08 Å². The summed E-state index contributed by atoms with van der Waals surface area (Å²) in [4.78, 5) is 20.9. The summed E-state index contributed by atoms with van der Waals surface area (Å²) < 4.78 is 9.16. The van der Waals surface area contributed by atoms with Crippen LogP contribution in [0, 0.1) is 0 Å². The van der Waals surface area contributed by atoms with Crippen LogP contribution in [0.4, 0.5) is 0 Å². The van der Waals surface area contributed by atoms with E-state index >= 15 is 0 Å². The number of hydrogen-bond donors (Lipinski definition) is 0. The lowest BCUT2D eigenvalue weighted by Gasteiger charge is -2.01. The molecule has 4 heteroatoms. The third-order valence-electron chi connectivity index (χ3n) is 0.936. The normalized spacial score (nSPS) is 9.83. The summed E-state index contributed by atoms with van der Waals surface area (Å²) in [7, 11) is 0. The Hall–Kier alpha value is -1.32. The van der Waals surface area contributed by atoms with E-state index in [1.165, 1.54) is 13.0 Å². The molecule has 0 N–H and O–H groups in total. The summed E-state index contributed by atoms with van der Waals surface area (Å²) in [6, 6.07) is 0. The minimum Gasteiger partial charge on any atom is -0.462 e. The van der Waals surface area contributed by atoms with Gasteiger partial charge in [-0.15, -0.1) is 0 Å². The lowest BCUT2D eigenvalue weighted by atomic mass is 10.5. The number of hydrogen-bond acceptors (Lipinski definition) is 4. The Morgan fingerprint density at radius 1 is 1.25 bits per heavy atom. The van der Waals surface area contributed by atoms with E-state index in [4.69, 9.17) is 0 Å². The fourth-order valence-electron chi connectivity index (χ4n) is 0.512. The van der Waals surface area contributed by atoms with Crippen molar-refractivity contribution in [2.45, 2.75) is 13.8 Å². The largest absolute Gasteiger partial charge is 0.462 e. The number of carbonyl (C=O) groups excluding carboxylic acids is 2. The zero-order valence-corrected chi connectivity index (χ0v) is 7.20. The second kappa shape index (κ2) is 6.39. The quantitative estimate of drug-likeness (QED) is 0.355. The van der Waals surface area contributed by atoms with Crippen molar-refractivity contribution in [1.29, 1.82) is 0 Å². The van der Waals surface area contributed by atoms with Gasteiger partial charge in [0.15, 0.2) is 0 Å². The molecule has 0 aromatic carbocycles. The molecule has 0 unspecified atom stereocenters. The maximum absolute atomic E-state index is 10.6. The molecular weight excluding hydrogens is 160 g/mol. The summed E-state index contributed by atoms with van der Waals surface area (Å²) in [5.74, 6) is -0.804. The van der Waals surface area contributed by atoms with Crippen molar-refractivity contribution >= 4 is 11.9 Å². The van der Waals surface area contributed by atoms with Gasteiger partial charge in [-0.05, 0) is 6.92 Å². The van der Waals surface area contributed by atoms with Crippen molar-refractivity contribution in [3.63, 3.8) is 0 Å². The van der Waals surface area contributed by atoms with E-state index in [1.807, 2.05) is 0 Å². The molecule has 0 aliphatic rings. The second-order valence-electron chi connectivity index (χ2n) is 2.01. The zero-order valence-electron chi connectivity index (χ0n) is 7.20. The van der Waals surface area contributed by atoms with Gasteiger partial charge in [0.25, 0.3) is 0 Å². The molecule has 12 heavy (non-hydrogen) atoms. The third-order valence-corrected chi connectivity index (χ3v) is 0.936. The average Bonchev–Trinajstić information content (AvgIpc) is 1.98. The summed E-state index contributed by atoms with van der Waals surface area (Å²) in [5, 5.41) is 0. The van der Waals surface area contributed by atoms with E-state index < -0.39 is 5.97 Å². The van der Waals surface area contributed by atoms with E-state index in [-0.39, 0.29) is 19.2 Å². The molecule has 0 fully saturated rings. The van der Waals surface area contributed by atoms with Crippen molar-refractivity contribution < 1.29 is 19.1 Å². The molecule has 0 aromatic heterocycles. The van der Waals surface area contributed by atoms with Gasteiger partial charge in [0.1, 0.15) is 13.2 Å². The highest BCUT2D eigenvalue weighted by atomic mass is 16.6. The van der Waals surface area contributed by atoms with Gasteiger partial charge in [0.05, 0.1) is 0 Å². The molecule has 0 saturated heterocycles. The molecule has 0 bridgehead atoms. The van der Waals surface area contributed by atoms with Gasteiger partial charge in [-0.2, -0.15) is 0 Å². The molecule has 0 atom stereocenters. The Morgan fingerprint density at radius 2 is 1.83 bits per heavy atom. The maximum atomic E-state index is 10.6. The smallest absolute Gasteiger partial charge is 0.330 e. The summed E-state index contributed by atoms with van der Waals surface area (Å²) in [6.07, 6.45) is 2.88. The molecule has 0 spiro atoms. The summed E-state index contributed by atoms with van der Waals surface area (Å²) >= 11 is 0. The SMILES string of the molecule is C/C=C/C(=O)OCCOC(C)=O. The Morgan fingerprint density at radius 3 is 2.33 bits per heavy atom. The van der Waals surface area contributed by atoms with E-state index in [9.17, 15) is 9.59 Å². The number of carbonyl (C=O) groups is 2. The first-order valence-electron chi connectivity index (χ1n) is 3.59. The van der Waals surface area contributed by atoms with Crippen LogP contribution in [0.25, 0.3) is 0 Å². The van der Waals surface area contributed by atoms with E-state index in [0.717, 1.165) is 0 Å². The first-order valence-corrected chi connectivity index (χ1v) is 3.59. The standard InChI is InChI=1S/C8H12O4/c1-3-4-8(10)12-6-5-11-7(2)9/h3-4H,5-6H2,1-2H3/b4-3+. The first-order chi connectivity index (χ1) is 5.66. The lowest BCUT2D eigenvalue weighted by molar-refractivity contribution is -0.147. The fourth-order valence-corrected chi connectivity index (χ4v) is 0.512. The van der Waals surface area contributed by atoms with Crippen LogP contribution in [0.5, 0.6) is 0 Å². The third kappa shape index (κ3) is 6.80. The van der Waals surface area contributed by atoms with Crippen LogP contribution in [-0.4, -0.2) is 25.2 Å². The highest BCUT2D eigenvalue weighted by molar-refractivity contribution is 5.81. The Labute approximate surface area is 71.2 Å². The number of allylic oxidation sites excluding steroid dienone is 1. The molecule has 0 heterocycles. The van der Waals surface area contributed by atoms with Crippen LogP contribution in [0.3, 0.4) is 0 Å². The molecule has 68 valence electrons. The van der Waals surface area contributed by atoms with Crippen LogP contribution >= 0.6 is 0 Å². The van der Waals surface area contributed by atoms with E-state index in [1.54, 1.807) is 13.0 Å². The van der Waals surface area contributed by atoms with Gasteiger partial charge < -0.3 is 9.47 Å². The van der Waals surface area contributed by atoms with Crippen LogP contribution in [0.2, 0.25) is 0 Å². The van der Waals surface area contributed by atoms with Gasteiger partial charge in [0.2, 0.25) is 0 Å². The Balaban J connectivity index is 3.31. The highest BCUT2D eigenvalue weighted by Crippen LogP contribution is 1.83. The van der Waals surface area contributed by atoms with Crippen molar-refractivity contribution in [1.82, 2.24) is 0 Å². The summed E-state index contributed by atoms with van der Waals surface area (Å²) in [6.45, 7) is 3.22. The first kappa shape index (κ1) is 10.7. The van der Waals surface area contributed by atoms with Crippen molar-refractivity contribution in [3.05, 3.63) is 12.2 Å². The number of rotatable bonds is 4. The van der Waals surface area contributed by atoms with Gasteiger partial charge >= 0.3 is 11.9 Å².